The van der Waals surface area contributed by atoms with Crippen molar-refractivity contribution in [2.45, 2.75) is 0 Å². The van der Waals surface area contributed by atoms with Crippen LogP contribution in [-0.4, -0.2) is 20.9 Å². The van der Waals surface area contributed by atoms with E-state index in [1.165, 1.54) is 6.20 Å². The van der Waals surface area contributed by atoms with Crippen molar-refractivity contribution < 1.29 is 4.79 Å². The van der Waals surface area contributed by atoms with Crippen LogP contribution in [0.3, 0.4) is 0 Å². The molecule has 0 aliphatic rings. The lowest BCUT2D eigenvalue weighted by molar-refractivity contribution is 0.102. The van der Waals surface area contributed by atoms with E-state index in [9.17, 15) is 10.1 Å². The fourth-order valence-corrected chi connectivity index (χ4v) is 3.64. The minimum atomic E-state index is -0.242. The fourth-order valence-electron chi connectivity index (χ4n) is 3.64. The Morgan fingerprint density at radius 1 is 1.00 bits per heavy atom. The van der Waals surface area contributed by atoms with Crippen molar-refractivity contribution in [2.75, 3.05) is 16.4 Å². The molecular weight excluding hydrogens is 426 g/mol. The second-order valence-electron chi connectivity index (χ2n) is 7.60. The number of aromatic nitrogens is 3. The van der Waals surface area contributed by atoms with Crippen LogP contribution in [0.1, 0.15) is 15.9 Å². The number of carbonyl (C=O) groups is 1. The van der Waals surface area contributed by atoms with Crippen molar-refractivity contribution in [3.05, 3.63) is 96.3 Å². The molecule has 0 bridgehead atoms. The molecule has 5 N–H and O–H groups in total. The Hall–Kier alpha value is -5.16. The number of carbonyl (C=O) groups excluding carboxylic acids is 1. The van der Waals surface area contributed by atoms with Crippen LogP contribution < -0.4 is 16.4 Å². The maximum absolute atomic E-state index is 12.5. The van der Waals surface area contributed by atoms with E-state index in [0.717, 1.165) is 16.5 Å². The molecule has 0 atom stereocenters. The zero-order valence-electron chi connectivity index (χ0n) is 17.9. The lowest BCUT2D eigenvalue weighted by Gasteiger charge is -2.10. The molecule has 0 saturated heterocycles. The molecule has 2 heterocycles. The summed E-state index contributed by atoms with van der Waals surface area (Å²) in [4.78, 5) is 24.6. The average Bonchev–Trinajstić information content (AvgIpc) is 3.29. The molecule has 0 unspecified atom stereocenters. The van der Waals surface area contributed by atoms with Crippen LogP contribution in [0, 0.1) is 11.3 Å². The SMILES string of the molecule is N#Cc1cnc(Nc2cccc(NC(=O)c3ccc(N)cc3)c2)nc1-c1c[nH]c2ccccc12. The van der Waals surface area contributed by atoms with Crippen molar-refractivity contribution in [3.63, 3.8) is 0 Å². The van der Waals surface area contributed by atoms with Gasteiger partial charge in [0.25, 0.3) is 5.91 Å². The van der Waals surface area contributed by atoms with Gasteiger partial charge in [0.1, 0.15) is 6.07 Å². The van der Waals surface area contributed by atoms with Crippen LogP contribution in [-0.2, 0) is 0 Å². The van der Waals surface area contributed by atoms with Gasteiger partial charge in [0.2, 0.25) is 5.95 Å². The summed E-state index contributed by atoms with van der Waals surface area (Å²) in [6.45, 7) is 0. The van der Waals surface area contributed by atoms with Gasteiger partial charge in [-0.1, -0.05) is 24.3 Å². The van der Waals surface area contributed by atoms with Crippen molar-refractivity contribution >= 4 is 39.8 Å². The average molecular weight is 445 g/mol. The molecule has 0 saturated carbocycles. The number of hydrogen-bond donors (Lipinski definition) is 4. The monoisotopic (exact) mass is 445 g/mol. The molecule has 0 radical (unpaired) electrons. The number of fused-ring (bicyclic) bond motifs is 1. The van der Waals surface area contributed by atoms with Crippen LogP contribution in [0.2, 0.25) is 0 Å². The topological polar surface area (TPSA) is 133 Å². The minimum Gasteiger partial charge on any atom is -0.399 e. The molecule has 164 valence electrons. The Morgan fingerprint density at radius 3 is 2.62 bits per heavy atom. The lowest BCUT2D eigenvalue weighted by atomic mass is 10.1. The predicted molar refractivity (Wildman–Crippen MR) is 133 cm³/mol. The van der Waals surface area contributed by atoms with E-state index in [0.29, 0.717) is 39.8 Å². The maximum Gasteiger partial charge on any atom is 0.255 e. The summed E-state index contributed by atoms with van der Waals surface area (Å²) < 4.78 is 0. The number of benzene rings is 3. The predicted octanol–water partition coefficient (Wildman–Crippen LogP) is 5.07. The van der Waals surface area contributed by atoms with E-state index >= 15 is 0 Å². The third-order valence-corrected chi connectivity index (χ3v) is 5.30. The molecular formula is C26H19N7O. The summed E-state index contributed by atoms with van der Waals surface area (Å²) in [6.07, 6.45) is 3.34. The highest BCUT2D eigenvalue weighted by molar-refractivity contribution is 6.04. The molecule has 1 amide bonds. The number of hydrogen-bond acceptors (Lipinski definition) is 6. The van der Waals surface area contributed by atoms with Crippen molar-refractivity contribution in [1.29, 1.82) is 5.26 Å². The molecule has 0 fully saturated rings. The first kappa shape index (κ1) is 20.7. The largest absolute Gasteiger partial charge is 0.399 e. The van der Waals surface area contributed by atoms with Gasteiger partial charge >= 0.3 is 0 Å². The molecule has 5 aromatic rings. The van der Waals surface area contributed by atoms with Gasteiger partial charge in [-0.25, -0.2) is 9.97 Å². The molecule has 8 nitrogen and oxygen atoms in total. The van der Waals surface area contributed by atoms with E-state index in [-0.39, 0.29) is 5.91 Å². The first-order valence-electron chi connectivity index (χ1n) is 10.5. The second kappa shape index (κ2) is 8.76. The van der Waals surface area contributed by atoms with E-state index in [4.69, 9.17) is 5.73 Å². The standard InChI is InChI=1S/C26H19N7O/c27-13-17-14-30-26(33-24(17)22-15-29-23-7-2-1-6-21(22)23)32-20-5-3-4-19(12-20)31-25(34)16-8-10-18(28)11-9-16/h1-12,14-15,29H,28H2,(H,31,34)(H,30,32,33). The van der Waals surface area contributed by atoms with Gasteiger partial charge in [-0.05, 0) is 48.5 Å². The van der Waals surface area contributed by atoms with E-state index < -0.39 is 0 Å². The van der Waals surface area contributed by atoms with E-state index in [2.05, 4.69) is 31.7 Å². The normalized spacial score (nSPS) is 10.6. The Bertz CT molecular complexity index is 1550. The lowest BCUT2D eigenvalue weighted by Crippen LogP contribution is -2.12. The highest BCUT2D eigenvalue weighted by Crippen LogP contribution is 2.30. The Kier molecular flexibility index (Phi) is 5.34. The Morgan fingerprint density at radius 2 is 1.79 bits per heavy atom. The zero-order chi connectivity index (χ0) is 23.5. The Balaban J connectivity index is 1.41. The minimum absolute atomic E-state index is 0.242. The van der Waals surface area contributed by atoms with Crippen LogP contribution in [0.5, 0.6) is 0 Å². The maximum atomic E-state index is 12.5. The summed E-state index contributed by atoms with van der Waals surface area (Å²) in [5, 5.41) is 16.6. The van der Waals surface area contributed by atoms with Crippen LogP contribution >= 0.6 is 0 Å². The van der Waals surface area contributed by atoms with Gasteiger partial charge in [0, 0.05) is 45.3 Å². The number of nitriles is 1. The van der Waals surface area contributed by atoms with Crippen molar-refractivity contribution in [3.8, 4) is 17.3 Å². The summed E-state index contributed by atoms with van der Waals surface area (Å²) in [7, 11) is 0. The number of nitrogens with zero attached hydrogens (tertiary/aromatic N) is 3. The second-order valence-corrected chi connectivity index (χ2v) is 7.60. The number of H-pyrrole nitrogens is 1. The third-order valence-electron chi connectivity index (χ3n) is 5.30. The highest BCUT2D eigenvalue weighted by atomic mass is 16.1. The molecule has 8 heteroatoms. The molecule has 0 aliphatic heterocycles. The van der Waals surface area contributed by atoms with Gasteiger partial charge in [-0.2, -0.15) is 5.26 Å². The van der Waals surface area contributed by atoms with Crippen molar-refractivity contribution in [2.24, 2.45) is 0 Å². The van der Waals surface area contributed by atoms with E-state index in [1.807, 2.05) is 42.6 Å². The van der Waals surface area contributed by atoms with Crippen LogP contribution in [0.25, 0.3) is 22.2 Å². The van der Waals surface area contributed by atoms with E-state index in [1.54, 1.807) is 36.4 Å². The first-order chi connectivity index (χ1) is 16.6. The highest BCUT2D eigenvalue weighted by Gasteiger charge is 2.14. The number of anilines is 4. The fraction of sp³-hybridized carbons (Fsp3) is 0. The first-order valence-corrected chi connectivity index (χ1v) is 10.5. The Labute approximate surface area is 195 Å². The number of rotatable bonds is 5. The summed E-state index contributed by atoms with van der Waals surface area (Å²) in [6, 6.07) is 23.9. The van der Waals surface area contributed by atoms with Gasteiger partial charge in [0.15, 0.2) is 0 Å². The van der Waals surface area contributed by atoms with Crippen LogP contribution in [0.15, 0.2) is 85.2 Å². The smallest absolute Gasteiger partial charge is 0.255 e. The number of amides is 1. The molecule has 34 heavy (non-hydrogen) atoms. The van der Waals surface area contributed by atoms with Gasteiger partial charge in [0.05, 0.1) is 17.5 Å². The number of nitrogens with two attached hydrogens (primary N) is 1. The zero-order valence-corrected chi connectivity index (χ0v) is 17.9. The molecule has 0 aliphatic carbocycles. The third kappa shape index (κ3) is 4.13. The molecule has 5 rings (SSSR count). The molecule has 0 spiro atoms. The molecule has 3 aromatic carbocycles. The molecule has 2 aromatic heterocycles. The van der Waals surface area contributed by atoms with Crippen LogP contribution in [0.4, 0.5) is 23.0 Å². The number of nitrogens with one attached hydrogen (secondary N) is 3. The quantitative estimate of drug-likeness (QED) is 0.279. The van der Waals surface area contributed by atoms with Crippen molar-refractivity contribution in [1.82, 2.24) is 15.0 Å². The number of para-hydroxylation sites is 1. The number of aromatic amines is 1. The van der Waals surface area contributed by atoms with Gasteiger partial charge in [-0.15, -0.1) is 0 Å². The van der Waals surface area contributed by atoms with Gasteiger partial charge < -0.3 is 21.4 Å². The summed E-state index contributed by atoms with van der Waals surface area (Å²) >= 11 is 0. The number of nitrogen functional groups attached to an aromatic ring is 1. The summed E-state index contributed by atoms with van der Waals surface area (Å²) in [5.74, 6) is 0.0923. The summed E-state index contributed by atoms with van der Waals surface area (Å²) in [5.41, 5.74) is 10.8. The van der Waals surface area contributed by atoms with Gasteiger partial charge in [-0.3, -0.25) is 4.79 Å².